The van der Waals surface area contributed by atoms with Crippen LogP contribution in [0.1, 0.15) is 21.7 Å². The number of nitrogens with one attached hydrogen (secondary N) is 1. The molecule has 6 nitrogen and oxygen atoms in total. The number of amides is 1. The number of ether oxygens (including phenoxy) is 1. The van der Waals surface area contributed by atoms with Gasteiger partial charge in [0.2, 0.25) is 5.91 Å². The quantitative estimate of drug-likeness (QED) is 0.613. The molecule has 0 saturated carbocycles. The summed E-state index contributed by atoms with van der Waals surface area (Å²) in [6.07, 6.45) is 0. The van der Waals surface area contributed by atoms with E-state index in [1.165, 1.54) is 30.6 Å². The molecule has 3 rings (SSSR count). The third kappa shape index (κ3) is 4.58. The summed E-state index contributed by atoms with van der Waals surface area (Å²) in [4.78, 5) is 36.6. The van der Waals surface area contributed by atoms with Crippen molar-refractivity contribution in [2.75, 3.05) is 12.4 Å². The van der Waals surface area contributed by atoms with Crippen molar-refractivity contribution >= 4 is 39.8 Å². The van der Waals surface area contributed by atoms with E-state index in [1.807, 2.05) is 0 Å². The number of pyridine rings is 1. The van der Waals surface area contributed by atoms with Gasteiger partial charge in [0, 0.05) is 39.5 Å². The van der Waals surface area contributed by atoms with Crippen molar-refractivity contribution in [2.24, 2.45) is 0 Å². The van der Waals surface area contributed by atoms with Gasteiger partial charge in [-0.25, -0.2) is 4.79 Å². The van der Waals surface area contributed by atoms with Gasteiger partial charge in [0.25, 0.3) is 0 Å². The molecule has 0 unspecified atom stereocenters. The molecule has 0 aliphatic rings. The van der Waals surface area contributed by atoms with E-state index < -0.39 is 5.97 Å². The molecule has 0 fully saturated rings. The summed E-state index contributed by atoms with van der Waals surface area (Å²) in [6.45, 7) is 3.56. The van der Waals surface area contributed by atoms with E-state index in [4.69, 9.17) is 16.3 Å². The van der Waals surface area contributed by atoms with E-state index in [0.29, 0.717) is 32.5 Å². The second-order valence-corrected chi connectivity index (χ2v) is 7.78. The first-order valence-electron chi connectivity index (χ1n) is 8.74. The summed E-state index contributed by atoms with van der Waals surface area (Å²) in [5.41, 5.74) is 3.01. The number of esters is 1. The predicted octanol–water partition coefficient (Wildman–Crippen LogP) is 4.27. The molecule has 0 saturated heterocycles. The number of aryl methyl sites for hydroxylation is 2. The fraction of sp³-hybridized carbons (Fsp3) is 0.190. The van der Waals surface area contributed by atoms with Crippen LogP contribution in [0.25, 0.3) is 11.1 Å². The molecule has 1 N–H and O–H groups in total. The minimum Gasteiger partial charge on any atom is -0.465 e. The molecule has 3 aromatic rings. The highest BCUT2D eigenvalue weighted by molar-refractivity contribution is 7.15. The number of hydrogen-bond acceptors (Lipinski definition) is 5. The summed E-state index contributed by atoms with van der Waals surface area (Å²) in [6, 6.07) is 10.0. The zero-order valence-electron chi connectivity index (χ0n) is 16.1. The standard InChI is InChI=1S/C21H19ClN2O4S/c1-12-8-16(25)9-13(2)24(12)10-18(26)23-20-19(21(27)28-3)17(11-29-20)14-4-6-15(22)7-5-14/h4-9,11H,10H2,1-3H3,(H,23,26). The molecule has 0 aliphatic carbocycles. The Kier molecular flexibility index (Phi) is 6.20. The summed E-state index contributed by atoms with van der Waals surface area (Å²) >= 11 is 7.19. The number of hydrogen-bond donors (Lipinski definition) is 1. The molecular weight excluding hydrogens is 412 g/mol. The Morgan fingerprint density at radius 3 is 2.34 bits per heavy atom. The molecule has 150 valence electrons. The van der Waals surface area contributed by atoms with Crippen LogP contribution < -0.4 is 10.7 Å². The minimum atomic E-state index is -0.540. The molecule has 8 heteroatoms. The Labute approximate surface area is 176 Å². The third-order valence-corrected chi connectivity index (χ3v) is 5.59. The van der Waals surface area contributed by atoms with Crippen LogP contribution in [0.4, 0.5) is 5.00 Å². The summed E-state index contributed by atoms with van der Waals surface area (Å²) in [7, 11) is 1.30. The Balaban J connectivity index is 1.91. The van der Waals surface area contributed by atoms with Gasteiger partial charge in [-0.1, -0.05) is 23.7 Å². The Hall–Kier alpha value is -2.90. The van der Waals surface area contributed by atoms with E-state index in [2.05, 4.69) is 5.32 Å². The maximum Gasteiger partial charge on any atom is 0.341 e. The molecule has 1 aromatic carbocycles. The van der Waals surface area contributed by atoms with Crippen molar-refractivity contribution in [3.05, 3.63) is 74.0 Å². The number of halogens is 1. The first-order valence-corrected chi connectivity index (χ1v) is 9.99. The number of methoxy groups -OCH3 is 1. The van der Waals surface area contributed by atoms with Crippen molar-refractivity contribution in [3.8, 4) is 11.1 Å². The molecule has 0 atom stereocenters. The second kappa shape index (κ2) is 8.63. The van der Waals surface area contributed by atoms with Crippen LogP contribution in [0.15, 0.2) is 46.6 Å². The van der Waals surface area contributed by atoms with Gasteiger partial charge in [0.1, 0.15) is 17.1 Å². The fourth-order valence-corrected chi connectivity index (χ4v) is 4.14. The van der Waals surface area contributed by atoms with Crippen molar-refractivity contribution in [3.63, 3.8) is 0 Å². The highest BCUT2D eigenvalue weighted by atomic mass is 35.5. The first kappa shape index (κ1) is 20.8. The molecule has 0 aliphatic heterocycles. The number of carbonyl (C=O) groups is 2. The number of rotatable bonds is 5. The van der Waals surface area contributed by atoms with Gasteiger partial charge < -0.3 is 14.6 Å². The average Bonchev–Trinajstić information content (AvgIpc) is 3.08. The van der Waals surface area contributed by atoms with Crippen molar-refractivity contribution in [2.45, 2.75) is 20.4 Å². The monoisotopic (exact) mass is 430 g/mol. The number of aromatic nitrogens is 1. The molecule has 2 aromatic heterocycles. The van der Waals surface area contributed by atoms with Crippen LogP contribution >= 0.6 is 22.9 Å². The minimum absolute atomic E-state index is 0.0206. The molecule has 0 radical (unpaired) electrons. The van der Waals surface area contributed by atoms with E-state index in [1.54, 1.807) is 48.1 Å². The van der Waals surface area contributed by atoms with Crippen molar-refractivity contribution in [1.29, 1.82) is 0 Å². The topological polar surface area (TPSA) is 77.4 Å². The number of anilines is 1. The summed E-state index contributed by atoms with van der Waals surface area (Å²) in [5, 5.41) is 5.58. The molecule has 0 bridgehead atoms. The SMILES string of the molecule is COC(=O)c1c(-c2ccc(Cl)cc2)csc1NC(=O)Cn1c(C)cc(=O)cc1C. The molecule has 1 amide bonds. The Morgan fingerprint density at radius 2 is 1.76 bits per heavy atom. The predicted molar refractivity (Wildman–Crippen MR) is 115 cm³/mol. The van der Waals surface area contributed by atoms with Crippen LogP contribution in [0.5, 0.6) is 0 Å². The highest BCUT2D eigenvalue weighted by Crippen LogP contribution is 2.36. The number of carbonyl (C=O) groups excluding carboxylic acids is 2. The lowest BCUT2D eigenvalue weighted by Crippen LogP contribution is -2.23. The lowest BCUT2D eigenvalue weighted by molar-refractivity contribution is -0.116. The van der Waals surface area contributed by atoms with Gasteiger partial charge in [-0.15, -0.1) is 11.3 Å². The van der Waals surface area contributed by atoms with Crippen LogP contribution in [0, 0.1) is 13.8 Å². The van der Waals surface area contributed by atoms with Crippen LogP contribution in [0.2, 0.25) is 5.02 Å². The van der Waals surface area contributed by atoms with Gasteiger partial charge in [0.15, 0.2) is 5.43 Å². The van der Waals surface area contributed by atoms with Crippen LogP contribution in [-0.4, -0.2) is 23.6 Å². The largest absolute Gasteiger partial charge is 0.465 e. The zero-order valence-corrected chi connectivity index (χ0v) is 17.7. The van der Waals surface area contributed by atoms with Gasteiger partial charge in [0.05, 0.1) is 7.11 Å². The number of nitrogens with zero attached hydrogens (tertiary/aromatic N) is 1. The van der Waals surface area contributed by atoms with E-state index in [9.17, 15) is 14.4 Å². The lowest BCUT2D eigenvalue weighted by atomic mass is 10.0. The van der Waals surface area contributed by atoms with E-state index in [-0.39, 0.29) is 17.9 Å². The normalized spacial score (nSPS) is 10.6. The molecule has 2 heterocycles. The highest BCUT2D eigenvalue weighted by Gasteiger charge is 2.22. The van der Waals surface area contributed by atoms with Crippen LogP contribution in [-0.2, 0) is 16.1 Å². The van der Waals surface area contributed by atoms with E-state index >= 15 is 0 Å². The third-order valence-electron chi connectivity index (χ3n) is 4.44. The molecule has 29 heavy (non-hydrogen) atoms. The molecular formula is C21H19ClN2O4S. The fourth-order valence-electron chi connectivity index (χ4n) is 3.04. The Bertz CT molecular complexity index is 1110. The number of thiophene rings is 1. The smallest absolute Gasteiger partial charge is 0.341 e. The van der Waals surface area contributed by atoms with Gasteiger partial charge >= 0.3 is 5.97 Å². The van der Waals surface area contributed by atoms with Gasteiger partial charge in [-0.3, -0.25) is 9.59 Å². The zero-order chi connectivity index (χ0) is 21.1. The van der Waals surface area contributed by atoms with E-state index in [0.717, 1.165) is 5.56 Å². The summed E-state index contributed by atoms with van der Waals surface area (Å²) < 4.78 is 6.66. The van der Waals surface area contributed by atoms with Gasteiger partial charge in [-0.05, 0) is 31.5 Å². The van der Waals surface area contributed by atoms with Crippen molar-refractivity contribution in [1.82, 2.24) is 4.57 Å². The first-order chi connectivity index (χ1) is 13.8. The van der Waals surface area contributed by atoms with Crippen molar-refractivity contribution < 1.29 is 14.3 Å². The average molecular weight is 431 g/mol. The maximum absolute atomic E-state index is 12.7. The number of benzene rings is 1. The lowest BCUT2D eigenvalue weighted by Gasteiger charge is -2.14. The molecule has 0 spiro atoms. The maximum atomic E-state index is 12.7. The Morgan fingerprint density at radius 1 is 1.14 bits per heavy atom. The van der Waals surface area contributed by atoms with Crippen LogP contribution in [0.3, 0.4) is 0 Å². The second-order valence-electron chi connectivity index (χ2n) is 6.46. The summed E-state index contributed by atoms with van der Waals surface area (Å²) in [5.74, 6) is -0.850. The van der Waals surface area contributed by atoms with Gasteiger partial charge in [-0.2, -0.15) is 0 Å².